The number of ether oxygens (including phenoxy) is 1. The molecule has 0 atom stereocenters. The first-order valence-corrected chi connectivity index (χ1v) is 13.8. The first-order valence-electron chi connectivity index (χ1n) is 13.8. The van der Waals surface area contributed by atoms with Crippen LogP contribution in [0.4, 0.5) is 21.7 Å². The van der Waals surface area contributed by atoms with Gasteiger partial charge in [-0.25, -0.2) is 24.3 Å². The van der Waals surface area contributed by atoms with Crippen LogP contribution in [0.3, 0.4) is 0 Å². The predicted molar refractivity (Wildman–Crippen MR) is 159 cm³/mol. The van der Waals surface area contributed by atoms with E-state index in [1.54, 1.807) is 25.4 Å². The second kappa shape index (κ2) is 9.79. The highest BCUT2D eigenvalue weighted by Crippen LogP contribution is 2.45. The molecular weight excluding hydrogens is 535 g/mol. The lowest BCUT2D eigenvalue weighted by molar-refractivity contribution is -0.129. The van der Waals surface area contributed by atoms with Gasteiger partial charge in [0.05, 0.1) is 34.1 Å². The summed E-state index contributed by atoms with van der Waals surface area (Å²) in [4.78, 5) is 34.5. The summed E-state index contributed by atoms with van der Waals surface area (Å²) in [5.41, 5.74) is 3.40. The Morgan fingerprint density at radius 1 is 1.10 bits per heavy atom. The van der Waals surface area contributed by atoms with Crippen LogP contribution >= 0.6 is 0 Å². The van der Waals surface area contributed by atoms with Crippen molar-refractivity contribution >= 4 is 45.3 Å². The summed E-state index contributed by atoms with van der Waals surface area (Å²) in [6.07, 6.45) is 6.48. The van der Waals surface area contributed by atoms with Gasteiger partial charge in [-0.05, 0) is 62.2 Å². The molecule has 1 aliphatic heterocycles. The molecule has 4 heterocycles. The Kier molecular flexibility index (Phi) is 6.03. The Labute approximate surface area is 241 Å². The van der Waals surface area contributed by atoms with Crippen molar-refractivity contribution in [3.05, 3.63) is 79.2 Å². The highest BCUT2D eigenvalue weighted by Gasteiger charge is 2.52. The van der Waals surface area contributed by atoms with E-state index in [9.17, 15) is 4.79 Å². The van der Waals surface area contributed by atoms with E-state index >= 15 is 4.39 Å². The summed E-state index contributed by atoms with van der Waals surface area (Å²) < 4.78 is 23.6. The number of benzene rings is 2. The standard InChI is InChI=1S/C31H29FN8O2/c1-4-27(41)40-14-13-39(16-31(40)11-12-31)26-10-7-22-29(37-26)30(34-17-33-22)36-21-6-9-25(19(2)28(21)32)42-20-5-8-24-23(15-20)35-18-38(24)3/h4-10,15,17-18H,1,11-14,16H2,2-3H3,(H,33,34,36). The van der Waals surface area contributed by atoms with Crippen molar-refractivity contribution in [1.29, 1.82) is 0 Å². The molecule has 2 fully saturated rings. The number of carbonyl (C=O) groups excluding carboxylic acids is 1. The molecule has 1 amide bonds. The van der Waals surface area contributed by atoms with E-state index in [-0.39, 0.29) is 17.1 Å². The van der Waals surface area contributed by atoms with Crippen molar-refractivity contribution in [1.82, 2.24) is 29.4 Å². The number of hydrogen-bond donors (Lipinski definition) is 1. The van der Waals surface area contributed by atoms with E-state index in [1.165, 1.54) is 12.4 Å². The van der Waals surface area contributed by atoms with E-state index in [0.717, 1.165) is 29.7 Å². The lowest BCUT2D eigenvalue weighted by Crippen LogP contribution is -2.57. The number of aryl methyl sites for hydroxylation is 1. The van der Waals surface area contributed by atoms with Crippen LogP contribution in [-0.4, -0.2) is 60.5 Å². The molecule has 1 N–H and O–H groups in total. The normalized spacial score (nSPS) is 15.8. The zero-order chi connectivity index (χ0) is 29.0. The number of halogens is 1. The van der Waals surface area contributed by atoms with Crippen molar-refractivity contribution < 1.29 is 13.9 Å². The van der Waals surface area contributed by atoms with E-state index in [0.29, 0.717) is 53.5 Å². The molecular formula is C31H29FN8O2. The quantitative estimate of drug-likeness (QED) is 0.279. The summed E-state index contributed by atoms with van der Waals surface area (Å²) in [5, 5.41) is 3.12. The maximum atomic E-state index is 15.6. The number of nitrogens with one attached hydrogen (secondary N) is 1. The van der Waals surface area contributed by atoms with Crippen molar-refractivity contribution in [3.8, 4) is 11.5 Å². The average molecular weight is 565 g/mol. The number of pyridine rings is 1. The minimum atomic E-state index is -0.451. The number of hydrogen-bond acceptors (Lipinski definition) is 8. The maximum absolute atomic E-state index is 15.6. The molecule has 42 heavy (non-hydrogen) atoms. The lowest BCUT2D eigenvalue weighted by atomic mass is 10.1. The first-order chi connectivity index (χ1) is 20.3. The number of aromatic nitrogens is 5. The van der Waals surface area contributed by atoms with E-state index in [1.807, 2.05) is 46.8 Å². The number of nitrogens with zero attached hydrogens (tertiary/aromatic N) is 7. The number of carbonyl (C=O) groups is 1. The molecule has 0 bridgehead atoms. The topological polar surface area (TPSA) is 101 Å². The fourth-order valence-electron chi connectivity index (χ4n) is 5.71. The van der Waals surface area contributed by atoms with E-state index < -0.39 is 5.82 Å². The van der Waals surface area contributed by atoms with Gasteiger partial charge in [-0.2, -0.15) is 0 Å². The largest absolute Gasteiger partial charge is 0.457 e. The molecule has 212 valence electrons. The Hall–Kier alpha value is -5.06. The van der Waals surface area contributed by atoms with Crippen LogP contribution in [0.5, 0.6) is 11.5 Å². The Balaban J connectivity index is 1.14. The molecule has 11 heteroatoms. The zero-order valence-corrected chi connectivity index (χ0v) is 23.3. The van der Waals surface area contributed by atoms with Gasteiger partial charge in [0.15, 0.2) is 11.6 Å². The minimum absolute atomic E-state index is 0.0264. The molecule has 1 aliphatic carbocycles. The van der Waals surface area contributed by atoms with Crippen LogP contribution in [0.1, 0.15) is 18.4 Å². The summed E-state index contributed by atoms with van der Waals surface area (Å²) in [7, 11) is 1.93. The molecule has 1 spiro atoms. The molecule has 0 radical (unpaired) electrons. The average Bonchev–Trinajstić information content (AvgIpc) is 3.67. The van der Waals surface area contributed by atoms with Crippen LogP contribution in [0.25, 0.3) is 22.1 Å². The van der Waals surface area contributed by atoms with Gasteiger partial charge in [-0.15, -0.1) is 0 Å². The predicted octanol–water partition coefficient (Wildman–Crippen LogP) is 5.26. The van der Waals surface area contributed by atoms with Gasteiger partial charge in [0, 0.05) is 38.3 Å². The summed E-state index contributed by atoms with van der Waals surface area (Å²) in [6, 6.07) is 12.8. The zero-order valence-electron chi connectivity index (χ0n) is 23.3. The number of rotatable bonds is 6. The van der Waals surface area contributed by atoms with Gasteiger partial charge in [-0.1, -0.05) is 6.58 Å². The number of imidazole rings is 1. The van der Waals surface area contributed by atoms with Crippen LogP contribution in [0, 0.1) is 12.7 Å². The third-order valence-electron chi connectivity index (χ3n) is 8.22. The van der Waals surface area contributed by atoms with E-state index in [4.69, 9.17) is 9.72 Å². The molecule has 2 aliphatic rings. The molecule has 7 rings (SSSR count). The SMILES string of the molecule is C=CC(=O)N1CCN(c2ccc3ncnc(Nc4ccc(Oc5ccc6c(c5)ncn6C)c(C)c4F)c3n2)CC12CC2. The Bertz CT molecular complexity index is 1880. The van der Waals surface area contributed by atoms with Gasteiger partial charge in [0.2, 0.25) is 5.91 Å². The number of fused-ring (bicyclic) bond motifs is 2. The number of amides is 1. The van der Waals surface area contributed by atoms with Crippen molar-refractivity contribution in [2.24, 2.45) is 7.05 Å². The monoisotopic (exact) mass is 564 g/mol. The van der Waals surface area contributed by atoms with Gasteiger partial charge >= 0.3 is 0 Å². The fraction of sp³-hybridized carbons (Fsp3) is 0.258. The second-order valence-electron chi connectivity index (χ2n) is 10.9. The van der Waals surface area contributed by atoms with Crippen LogP contribution in [0.15, 0.2) is 67.8 Å². The van der Waals surface area contributed by atoms with E-state index in [2.05, 4.69) is 31.7 Å². The third-order valence-corrected chi connectivity index (χ3v) is 8.22. The molecule has 1 saturated heterocycles. The number of anilines is 3. The lowest BCUT2D eigenvalue weighted by Gasteiger charge is -2.42. The van der Waals surface area contributed by atoms with Crippen LogP contribution in [0.2, 0.25) is 0 Å². The first kappa shape index (κ1) is 25.9. The van der Waals surface area contributed by atoms with Crippen LogP contribution < -0.4 is 15.0 Å². The summed E-state index contributed by atoms with van der Waals surface area (Å²) in [5.74, 6) is 1.67. The third kappa shape index (κ3) is 4.37. The summed E-state index contributed by atoms with van der Waals surface area (Å²) in [6.45, 7) is 7.29. The smallest absolute Gasteiger partial charge is 0.246 e. The summed E-state index contributed by atoms with van der Waals surface area (Å²) >= 11 is 0. The maximum Gasteiger partial charge on any atom is 0.246 e. The van der Waals surface area contributed by atoms with Gasteiger partial charge in [0.25, 0.3) is 0 Å². The van der Waals surface area contributed by atoms with Crippen molar-refractivity contribution in [2.75, 3.05) is 29.9 Å². The van der Waals surface area contributed by atoms with Gasteiger partial charge in [0.1, 0.15) is 29.2 Å². The fourth-order valence-corrected chi connectivity index (χ4v) is 5.71. The molecule has 2 aromatic carbocycles. The molecule has 5 aromatic rings. The Morgan fingerprint density at radius 3 is 2.76 bits per heavy atom. The van der Waals surface area contributed by atoms with Gasteiger partial charge < -0.3 is 24.4 Å². The van der Waals surface area contributed by atoms with Crippen LogP contribution in [-0.2, 0) is 11.8 Å². The number of piperazine rings is 1. The highest BCUT2D eigenvalue weighted by molar-refractivity contribution is 5.89. The van der Waals surface area contributed by atoms with Crippen molar-refractivity contribution in [2.45, 2.75) is 25.3 Å². The molecule has 10 nitrogen and oxygen atoms in total. The highest BCUT2D eigenvalue weighted by atomic mass is 19.1. The minimum Gasteiger partial charge on any atom is -0.457 e. The van der Waals surface area contributed by atoms with Gasteiger partial charge in [-0.3, -0.25) is 4.79 Å². The molecule has 1 saturated carbocycles. The Morgan fingerprint density at radius 2 is 1.95 bits per heavy atom. The molecule has 0 unspecified atom stereocenters. The van der Waals surface area contributed by atoms with Crippen molar-refractivity contribution in [3.63, 3.8) is 0 Å². The second-order valence-corrected chi connectivity index (χ2v) is 10.9. The molecule has 3 aromatic heterocycles.